The molecular weight excluding hydrogens is 480 g/mol. The van der Waals surface area contributed by atoms with E-state index in [4.69, 9.17) is 0 Å². The third kappa shape index (κ3) is 6.66. The molecule has 2 N–H and O–H groups in total. The van der Waals surface area contributed by atoms with Crippen LogP contribution in [0.5, 0.6) is 11.5 Å². The van der Waals surface area contributed by atoms with Crippen LogP contribution in [-0.2, 0) is 16.1 Å². The smallest absolute Gasteiger partial charge is 0.416 e. The van der Waals surface area contributed by atoms with Crippen molar-refractivity contribution in [2.24, 2.45) is 0 Å². The maximum absolute atomic E-state index is 12.7. The van der Waals surface area contributed by atoms with Crippen LogP contribution >= 0.6 is 0 Å². The molecule has 0 spiro atoms. The summed E-state index contributed by atoms with van der Waals surface area (Å²) in [5.41, 5.74) is 4.30. The van der Waals surface area contributed by atoms with E-state index in [1.54, 1.807) is 0 Å². The maximum Gasteiger partial charge on any atom is 0.491 e. The number of halogens is 6. The second-order valence-electron chi connectivity index (χ2n) is 6.39. The van der Waals surface area contributed by atoms with Crippen molar-refractivity contribution in [1.82, 2.24) is 20.0 Å². The second-order valence-corrected chi connectivity index (χ2v) is 6.39. The number of benzene rings is 1. The highest BCUT2D eigenvalue weighted by molar-refractivity contribution is 5.82. The fourth-order valence-electron chi connectivity index (χ4n) is 2.38. The van der Waals surface area contributed by atoms with Crippen molar-refractivity contribution in [3.05, 3.63) is 28.7 Å². The molecule has 0 radical (unpaired) electrons. The molecule has 186 valence electrons. The van der Waals surface area contributed by atoms with E-state index < -0.39 is 41.5 Å². The highest BCUT2D eigenvalue weighted by Gasteiger charge is 2.44. The number of ether oxygens (including phenoxy) is 2. The molecule has 0 amide bonds. The first-order valence-electron chi connectivity index (χ1n) is 9.48. The molecule has 1 aromatic carbocycles. The lowest BCUT2D eigenvalue weighted by Crippen LogP contribution is -2.31. The van der Waals surface area contributed by atoms with Crippen molar-refractivity contribution < 1.29 is 45.4 Å². The van der Waals surface area contributed by atoms with Crippen LogP contribution in [0.1, 0.15) is 20.3 Å². The molecule has 0 aliphatic heterocycles. The van der Waals surface area contributed by atoms with Crippen molar-refractivity contribution in [3.8, 4) is 22.9 Å². The standard InChI is InChI=1S/C18H17F6N5O5/c1-3-7-25-28-15-26-12(29(4-2)16(32)27-15)9-5-6-10(33-13(30)17(19,20)21)11(8-9)34-14(31)18(22,23)24/h5-6,8,25H,3-4,7H2,1-2H3,(H,27,28,32). The summed E-state index contributed by atoms with van der Waals surface area (Å²) in [6, 6.07) is 2.33. The van der Waals surface area contributed by atoms with Gasteiger partial charge in [-0.3, -0.25) is 9.99 Å². The van der Waals surface area contributed by atoms with Gasteiger partial charge >= 0.3 is 30.0 Å². The monoisotopic (exact) mass is 497 g/mol. The Balaban J connectivity index is 2.59. The molecule has 0 saturated carbocycles. The number of anilines is 1. The fourth-order valence-corrected chi connectivity index (χ4v) is 2.38. The van der Waals surface area contributed by atoms with Crippen LogP contribution in [0.15, 0.2) is 23.0 Å². The minimum atomic E-state index is -5.51. The molecule has 0 unspecified atom stereocenters. The highest BCUT2D eigenvalue weighted by Crippen LogP contribution is 2.35. The molecule has 0 atom stereocenters. The van der Waals surface area contributed by atoms with Gasteiger partial charge in [0.1, 0.15) is 5.82 Å². The zero-order valence-electron chi connectivity index (χ0n) is 17.5. The number of hydrazine groups is 1. The van der Waals surface area contributed by atoms with E-state index in [9.17, 15) is 40.7 Å². The number of carbonyl (C=O) groups is 2. The number of hydrogen-bond donors (Lipinski definition) is 2. The SMILES string of the molecule is CCCNNc1nc(-c2ccc(OC(=O)C(F)(F)F)c(OC(=O)C(F)(F)F)c2)n(CC)c(=O)n1. The van der Waals surface area contributed by atoms with Gasteiger partial charge in [-0.2, -0.15) is 36.3 Å². The summed E-state index contributed by atoms with van der Waals surface area (Å²) < 4.78 is 84.8. The summed E-state index contributed by atoms with van der Waals surface area (Å²) in [7, 11) is 0. The van der Waals surface area contributed by atoms with Gasteiger partial charge in [0.15, 0.2) is 11.5 Å². The minimum Gasteiger partial charge on any atom is -0.416 e. The molecule has 16 heteroatoms. The van der Waals surface area contributed by atoms with Crippen LogP contribution < -0.4 is 26.0 Å². The van der Waals surface area contributed by atoms with E-state index in [0.29, 0.717) is 25.1 Å². The van der Waals surface area contributed by atoms with Gasteiger partial charge in [-0.15, -0.1) is 0 Å². The van der Waals surface area contributed by atoms with Crippen molar-refractivity contribution in [2.75, 3.05) is 12.0 Å². The lowest BCUT2D eigenvalue weighted by atomic mass is 10.2. The van der Waals surface area contributed by atoms with Crippen LogP contribution in [0.25, 0.3) is 11.4 Å². The van der Waals surface area contributed by atoms with Gasteiger partial charge in [-0.25, -0.2) is 19.8 Å². The Hall–Kier alpha value is -3.69. The fraction of sp³-hybridized carbons (Fsp3) is 0.389. The summed E-state index contributed by atoms with van der Waals surface area (Å²) in [5, 5.41) is 0. The first-order chi connectivity index (χ1) is 15.8. The van der Waals surface area contributed by atoms with Gasteiger partial charge in [-0.1, -0.05) is 6.92 Å². The number of nitrogens with zero attached hydrogens (tertiary/aromatic N) is 3. The number of carbonyl (C=O) groups excluding carboxylic acids is 2. The number of esters is 2. The molecule has 0 saturated heterocycles. The van der Waals surface area contributed by atoms with Crippen LogP contribution in [0, 0.1) is 0 Å². The quantitative estimate of drug-likeness (QED) is 0.186. The third-order valence-corrected chi connectivity index (χ3v) is 3.86. The second kappa shape index (κ2) is 10.5. The Kier molecular flexibility index (Phi) is 8.20. The number of alkyl halides is 6. The van der Waals surface area contributed by atoms with Crippen LogP contribution in [0.3, 0.4) is 0 Å². The van der Waals surface area contributed by atoms with E-state index in [-0.39, 0.29) is 23.9 Å². The normalized spacial score (nSPS) is 11.8. The number of rotatable bonds is 8. The lowest BCUT2D eigenvalue weighted by molar-refractivity contribution is -0.191. The topological polar surface area (TPSA) is 124 Å². The number of hydrogen-bond acceptors (Lipinski definition) is 9. The predicted octanol–water partition coefficient (Wildman–Crippen LogP) is 2.59. The van der Waals surface area contributed by atoms with Crippen molar-refractivity contribution in [1.29, 1.82) is 0 Å². The Morgan fingerprint density at radius 2 is 1.56 bits per heavy atom. The average Bonchev–Trinajstić information content (AvgIpc) is 2.73. The molecule has 2 aromatic rings. The third-order valence-electron chi connectivity index (χ3n) is 3.86. The van der Waals surface area contributed by atoms with Gasteiger partial charge < -0.3 is 9.47 Å². The number of aromatic nitrogens is 3. The lowest BCUT2D eigenvalue weighted by Gasteiger charge is -2.16. The molecule has 1 aromatic heterocycles. The maximum atomic E-state index is 12.7. The molecule has 0 aliphatic carbocycles. The van der Waals surface area contributed by atoms with Crippen LogP contribution in [0.4, 0.5) is 32.3 Å². The van der Waals surface area contributed by atoms with E-state index in [0.717, 1.165) is 10.6 Å². The zero-order valence-corrected chi connectivity index (χ0v) is 17.5. The molecule has 0 bridgehead atoms. The number of nitrogens with one attached hydrogen (secondary N) is 2. The minimum absolute atomic E-state index is 0.000676. The Bertz CT molecular complexity index is 1120. The summed E-state index contributed by atoms with van der Waals surface area (Å²) in [4.78, 5) is 42.5. The molecule has 0 aliphatic rings. The molecular formula is C18H17F6N5O5. The summed E-state index contributed by atoms with van der Waals surface area (Å²) >= 11 is 0. The summed E-state index contributed by atoms with van der Waals surface area (Å²) in [6.07, 6.45) is -10.3. The van der Waals surface area contributed by atoms with Gasteiger partial charge in [-0.05, 0) is 31.5 Å². The first kappa shape index (κ1) is 26.6. The van der Waals surface area contributed by atoms with E-state index >= 15 is 0 Å². The average molecular weight is 497 g/mol. The van der Waals surface area contributed by atoms with Gasteiger partial charge in [0.2, 0.25) is 5.95 Å². The van der Waals surface area contributed by atoms with Gasteiger partial charge in [0.25, 0.3) is 0 Å². The Morgan fingerprint density at radius 1 is 0.971 bits per heavy atom. The van der Waals surface area contributed by atoms with Gasteiger partial charge in [0, 0.05) is 18.7 Å². The highest BCUT2D eigenvalue weighted by atomic mass is 19.4. The largest absolute Gasteiger partial charge is 0.491 e. The molecule has 2 rings (SSSR count). The molecule has 0 fully saturated rings. The Labute approximate surface area is 186 Å². The Morgan fingerprint density at radius 3 is 2.09 bits per heavy atom. The van der Waals surface area contributed by atoms with Crippen LogP contribution in [-0.4, -0.2) is 45.4 Å². The first-order valence-corrected chi connectivity index (χ1v) is 9.48. The molecule has 34 heavy (non-hydrogen) atoms. The van der Waals surface area contributed by atoms with Crippen molar-refractivity contribution >= 4 is 17.9 Å². The van der Waals surface area contributed by atoms with Crippen LogP contribution in [0.2, 0.25) is 0 Å². The van der Waals surface area contributed by atoms with E-state index in [1.807, 2.05) is 6.92 Å². The van der Waals surface area contributed by atoms with E-state index in [2.05, 4.69) is 30.3 Å². The predicted molar refractivity (Wildman–Crippen MR) is 103 cm³/mol. The van der Waals surface area contributed by atoms with Gasteiger partial charge in [0.05, 0.1) is 0 Å². The zero-order chi connectivity index (χ0) is 25.7. The molecule has 1 heterocycles. The summed E-state index contributed by atoms with van der Waals surface area (Å²) in [5.74, 6) is -8.21. The van der Waals surface area contributed by atoms with Crippen molar-refractivity contribution in [3.63, 3.8) is 0 Å². The summed E-state index contributed by atoms with van der Waals surface area (Å²) in [6.45, 7) is 3.85. The molecule has 10 nitrogen and oxygen atoms in total. The van der Waals surface area contributed by atoms with E-state index in [1.165, 1.54) is 6.92 Å². The van der Waals surface area contributed by atoms with Crippen molar-refractivity contribution in [2.45, 2.75) is 39.2 Å².